The number of carbonyl (C=O) groups is 1. The fourth-order valence-electron chi connectivity index (χ4n) is 4.27. The third-order valence-corrected chi connectivity index (χ3v) is 5.93. The largest absolute Gasteiger partial charge is 0.384 e. The van der Waals surface area contributed by atoms with Gasteiger partial charge in [-0.3, -0.25) is 4.79 Å². The second-order valence-corrected chi connectivity index (χ2v) is 8.13. The Bertz CT molecular complexity index is 931. The molecule has 0 bridgehead atoms. The van der Waals surface area contributed by atoms with Crippen molar-refractivity contribution in [1.82, 2.24) is 15.5 Å². The molecule has 6 heteroatoms. The van der Waals surface area contributed by atoms with Crippen LogP contribution in [0.15, 0.2) is 65.9 Å². The molecule has 164 valence electrons. The van der Waals surface area contributed by atoms with Gasteiger partial charge in [0.15, 0.2) is 0 Å². The zero-order valence-corrected chi connectivity index (χ0v) is 18.4. The summed E-state index contributed by atoms with van der Waals surface area (Å²) >= 11 is 0. The number of rotatable bonds is 9. The highest BCUT2D eigenvalue weighted by molar-refractivity contribution is 6.01. The molecule has 0 aromatic heterocycles. The minimum absolute atomic E-state index is 0.000367. The first-order valence-corrected chi connectivity index (χ1v) is 11.2. The molecule has 31 heavy (non-hydrogen) atoms. The normalized spacial score (nSPS) is 23.8. The first-order valence-electron chi connectivity index (χ1n) is 11.2. The molecule has 4 rings (SSSR count). The topological polar surface area (TPSA) is 65.6 Å². The highest BCUT2D eigenvalue weighted by Gasteiger charge is 2.37. The number of amides is 1. The van der Waals surface area contributed by atoms with Gasteiger partial charge in [-0.1, -0.05) is 42.5 Å². The summed E-state index contributed by atoms with van der Waals surface area (Å²) in [6.45, 7) is 6.37. The van der Waals surface area contributed by atoms with Gasteiger partial charge in [-0.05, 0) is 39.1 Å². The van der Waals surface area contributed by atoms with E-state index in [1.54, 1.807) is 0 Å². The zero-order chi connectivity index (χ0) is 21.6. The number of benzene rings is 1. The second-order valence-electron chi connectivity index (χ2n) is 8.13. The van der Waals surface area contributed by atoms with Crippen LogP contribution >= 0.6 is 0 Å². The Labute approximate surface area is 184 Å². The van der Waals surface area contributed by atoms with Crippen molar-refractivity contribution in [3.05, 3.63) is 71.5 Å². The van der Waals surface area contributed by atoms with Crippen LogP contribution in [-0.2, 0) is 9.53 Å². The van der Waals surface area contributed by atoms with Gasteiger partial charge in [0.25, 0.3) is 0 Å². The van der Waals surface area contributed by atoms with E-state index >= 15 is 0 Å². The molecule has 0 radical (unpaired) electrons. The molecule has 0 saturated carbocycles. The van der Waals surface area contributed by atoms with Gasteiger partial charge in [-0.2, -0.15) is 0 Å². The molecule has 2 unspecified atom stereocenters. The molecule has 1 aliphatic carbocycles. The first-order chi connectivity index (χ1) is 15.2. The Morgan fingerprint density at radius 3 is 2.87 bits per heavy atom. The van der Waals surface area contributed by atoms with Crippen LogP contribution in [0.1, 0.15) is 18.9 Å². The molecule has 1 fully saturated rings. The lowest BCUT2D eigenvalue weighted by molar-refractivity contribution is -0.116. The van der Waals surface area contributed by atoms with Gasteiger partial charge in [-0.15, -0.1) is 0 Å². The highest BCUT2D eigenvalue weighted by Crippen LogP contribution is 2.36. The Morgan fingerprint density at radius 1 is 1.16 bits per heavy atom. The number of anilines is 1. The van der Waals surface area contributed by atoms with Crippen molar-refractivity contribution in [2.24, 2.45) is 5.92 Å². The van der Waals surface area contributed by atoms with Crippen molar-refractivity contribution in [1.29, 1.82) is 0 Å². The van der Waals surface area contributed by atoms with Crippen molar-refractivity contribution in [2.45, 2.75) is 19.4 Å². The van der Waals surface area contributed by atoms with Gasteiger partial charge in [0.1, 0.15) is 0 Å². The molecule has 2 aliphatic heterocycles. The standard InChI is InChI=1S/C25H32N4O2/c1-3-31-16-15-29(2)14-8-13-26-22-17-23(27-20-11-6-4-9-18(20)22)24-19-10-5-7-12-21(19)28-25(24)30/h4-7,9-12,17,19,21,26-27H,3,8,13-16H2,1-2H3,(H,28,30). The summed E-state index contributed by atoms with van der Waals surface area (Å²) in [4.78, 5) is 15.1. The minimum Gasteiger partial charge on any atom is -0.384 e. The van der Waals surface area contributed by atoms with Crippen molar-refractivity contribution in [3.8, 4) is 0 Å². The zero-order valence-electron chi connectivity index (χ0n) is 18.4. The average Bonchev–Trinajstić information content (AvgIpc) is 3.12. The van der Waals surface area contributed by atoms with E-state index in [4.69, 9.17) is 4.74 Å². The van der Waals surface area contributed by atoms with Gasteiger partial charge < -0.3 is 25.6 Å². The number of ether oxygens (including phenoxy) is 1. The minimum atomic E-state index is -0.000367. The van der Waals surface area contributed by atoms with Gasteiger partial charge in [0.2, 0.25) is 5.91 Å². The van der Waals surface area contributed by atoms with Gasteiger partial charge in [0, 0.05) is 53.8 Å². The number of para-hydroxylation sites is 1. The van der Waals surface area contributed by atoms with E-state index in [1.165, 1.54) is 0 Å². The van der Waals surface area contributed by atoms with Crippen molar-refractivity contribution >= 4 is 17.3 Å². The monoisotopic (exact) mass is 420 g/mol. The molecular weight excluding hydrogens is 388 g/mol. The number of hydrogen-bond acceptors (Lipinski definition) is 5. The van der Waals surface area contributed by atoms with E-state index in [2.05, 4.69) is 58.3 Å². The quantitative estimate of drug-likeness (QED) is 0.424. The molecule has 3 aliphatic rings. The van der Waals surface area contributed by atoms with E-state index in [-0.39, 0.29) is 17.9 Å². The molecule has 1 aromatic carbocycles. The summed E-state index contributed by atoms with van der Waals surface area (Å²) in [6, 6.07) is 8.27. The van der Waals surface area contributed by atoms with Crippen LogP contribution in [0.4, 0.5) is 5.69 Å². The van der Waals surface area contributed by atoms with E-state index in [0.29, 0.717) is 0 Å². The lowest BCUT2D eigenvalue weighted by atomic mass is 9.89. The summed E-state index contributed by atoms with van der Waals surface area (Å²) < 4.78 is 5.43. The maximum absolute atomic E-state index is 12.8. The van der Waals surface area contributed by atoms with E-state index in [1.807, 2.05) is 31.2 Å². The average molecular weight is 421 g/mol. The number of nitrogens with zero attached hydrogens (tertiary/aromatic N) is 1. The van der Waals surface area contributed by atoms with Crippen LogP contribution < -0.4 is 16.0 Å². The first kappa shape index (κ1) is 21.4. The lowest BCUT2D eigenvalue weighted by Crippen LogP contribution is -2.27. The summed E-state index contributed by atoms with van der Waals surface area (Å²) in [5, 5.41) is 10.2. The van der Waals surface area contributed by atoms with Crippen LogP contribution in [0.3, 0.4) is 0 Å². The predicted molar refractivity (Wildman–Crippen MR) is 125 cm³/mol. The molecular formula is C25H32N4O2. The van der Waals surface area contributed by atoms with Crippen molar-refractivity contribution < 1.29 is 9.53 Å². The van der Waals surface area contributed by atoms with Gasteiger partial charge in [-0.25, -0.2) is 0 Å². The number of nitrogens with one attached hydrogen (secondary N) is 3. The van der Waals surface area contributed by atoms with E-state index < -0.39 is 0 Å². The predicted octanol–water partition coefficient (Wildman–Crippen LogP) is 2.90. The van der Waals surface area contributed by atoms with Gasteiger partial charge in [0.05, 0.1) is 12.6 Å². The third kappa shape index (κ3) is 4.92. The number of fused-ring (bicyclic) bond motifs is 2. The lowest BCUT2D eigenvalue weighted by Gasteiger charge is -2.25. The summed E-state index contributed by atoms with van der Waals surface area (Å²) in [6.07, 6.45) is 11.3. The number of hydrogen-bond donors (Lipinski definition) is 3. The van der Waals surface area contributed by atoms with Crippen molar-refractivity contribution in [2.75, 3.05) is 45.2 Å². The van der Waals surface area contributed by atoms with Crippen LogP contribution in [0.25, 0.3) is 5.70 Å². The Kier molecular flexibility index (Phi) is 6.89. The Balaban J connectivity index is 1.48. The third-order valence-electron chi connectivity index (χ3n) is 5.93. The summed E-state index contributed by atoms with van der Waals surface area (Å²) in [7, 11) is 2.13. The van der Waals surface area contributed by atoms with Crippen LogP contribution in [0, 0.1) is 5.92 Å². The maximum atomic E-state index is 12.8. The van der Waals surface area contributed by atoms with E-state index in [9.17, 15) is 4.79 Å². The highest BCUT2D eigenvalue weighted by atomic mass is 16.5. The maximum Gasteiger partial charge on any atom is 0.250 e. The fraction of sp³-hybridized carbons (Fsp3) is 0.400. The molecule has 6 nitrogen and oxygen atoms in total. The van der Waals surface area contributed by atoms with Crippen molar-refractivity contribution in [3.63, 3.8) is 0 Å². The van der Waals surface area contributed by atoms with Crippen LogP contribution in [0.5, 0.6) is 0 Å². The summed E-state index contributed by atoms with van der Waals surface area (Å²) in [5.41, 5.74) is 4.89. The molecule has 0 spiro atoms. The molecule has 1 amide bonds. The SMILES string of the molecule is CCOCCN(C)CCCNC1=CC(=C2C(=O)NC3C=CC=CC23)Nc2ccccc21. The smallest absolute Gasteiger partial charge is 0.250 e. The molecule has 2 heterocycles. The Morgan fingerprint density at radius 2 is 2.00 bits per heavy atom. The van der Waals surface area contributed by atoms with Crippen LogP contribution in [0.2, 0.25) is 0 Å². The summed E-state index contributed by atoms with van der Waals surface area (Å²) in [5.74, 6) is 0.0568. The number of allylic oxidation sites excluding steroid dienone is 3. The molecule has 3 N–H and O–H groups in total. The number of likely N-dealkylation sites (N-methyl/N-ethyl adjacent to an activating group) is 1. The van der Waals surface area contributed by atoms with E-state index in [0.717, 1.165) is 67.5 Å². The molecule has 1 aromatic rings. The molecule has 1 saturated heterocycles. The Hall–Kier alpha value is -2.83. The molecule has 2 atom stereocenters. The fourth-order valence-corrected chi connectivity index (χ4v) is 4.27. The van der Waals surface area contributed by atoms with Gasteiger partial charge >= 0.3 is 0 Å². The number of carbonyl (C=O) groups excluding carboxylic acids is 1. The van der Waals surface area contributed by atoms with Crippen LogP contribution in [-0.4, -0.2) is 56.7 Å². The second kappa shape index (κ2) is 9.98.